The van der Waals surface area contributed by atoms with Crippen molar-refractivity contribution in [2.75, 3.05) is 33.1 Å². The molecule has 3 heteroatoms. The standard InChI is InChI=1S/C23H24N2O/c1-24(2)17-10-12-19-21(14-17)26-22-15-18(25(3)4)11-13-20(22)23(19)16-8-6-5-7-9-16/h5-15,17H,1-4H3. The second-order valence-electron chi connectivity index (χ2n) is 7.18. The SMILES string of the molecule is CN(C)c1ccc2c(c1)OC1=CC(N(C)C)C=CC1=C2c1ccccc1. The van der Waals surface area contributed by atoms with Gasteiger partial charge < -0.3 is 9.64 Å². The van der Waals surface area contributed by atoms with E-state index in [4.69, 9.17) is 4.74 Å². The van der Waals surface area contributed by atoms with Crippen LogP contribution in [0.2, 0.25) is 0 Å². The van der Waals surface area contributed by atoms with Crippen molar-refractivity contribution < 1.29 is 4.74 Å². The molecule has 0 saturated heterocycles. The lowest BCUT2D eigenvalue weighted by Crippen LogP contribution is -2.27. The number of ether oxygens (including phenoxy) is 1. The van der Waals surface area contributed by atoms with Gasteiger partial charge in [0.1, 0.15) is 11.5 Å². The molecule has 0 aromatic heterocycles. The number of allylic oxidation sites excluding steroid dienone is 1. The van der Waals surface area contributed by atoms with Gasteiger partial charge in [0, 0.05) is 48.6 Å². The Morgan fingerprint density at radius 1 is 0.923 bits per heavy atom. The molecule has 1 heterocycles. The monoisotopic (exact) mass is 344 g/mol. The predicted molar refractivity (Wildman–Crippen MR) is 109 cm³/mol. The summed E-state index contributed by atoms with van der Waals surface area (Å²) in [6.45, 7) is 0. The Balaban J connectivity index is 1.93. The van der Waals surface area contributed by atoms with Crippen LogP contribution in [-0.2, 0) is 0 Å². The van der Waals surface area contributed by atoms with Crippen molar-refractivity contribution in [3.8, 4) is 5.75 Å². The number of anilines is 1. The van der Waals surface area contributed by atoms with E-state index in [0.29, 0.717) is 0 Å². The highest BCUT2D eigenvalue weighted by atomic mass is 16.5. The minimum atomic E-state index is 0.240. The van der Waals surface area contributed by atoms with Gasteiger partial charge in [-0.05, 0) is 37.9 Å². The van der Waals surface area contributed by atoms with Crippen molar-refractivity contribution in [2.24, 2.45) is 0 Å². The summed E-state index contributed by atoms with van der Waals surface area (Å²) in [5.74, 6) is 1.85. The molecule has 26 heavy (non-hydrogen) atoms. The maximum absolute atomic E-state index is 6.36. The minimum absolute atomic E-state index is 0.240. The number of likely N-dealkylation sites (N-methyl/N-ethyl adjacent to an activating group) is 1. The molecule has 1 unspecified atom stereocenters. The number of rotatable bonds is 3. The van der Waals surface area contributed by atoms with E-state index in [2.05, 4.69) is 105 Å². The van der Waals surface area contributed by atoms with Gasteiger partial charge in [0.25, 0.3) is 0 Å². The Kier molecular flexibility index (Phi) is 4.17. The first kappa shape index (κ1) is 16.7. The van der Waals surface area contributed by atoms with Crippen LogP contribution in [0.4, 0.5) is 5.69 Å². The van der Waals surface area contributed by atoms with E-state index in [1.165, 1.54) is 11.1 Å². The average molecular weight is 344 g/mol. The zero-order valence-corrected chi connectivity index (χ0v) is 15.7. The molecule has 0 spiro atoms. The fourth-order valence-electron chi connectivity index (χ4n) is 3.45. The van der Waals surface area contributed by atoms with Crippen LogP contribution in [0.15, 0.2) is 78.1 Å². The molecule has 3 nitrogen and oxygen atoms in total. The van der Waals surface area contributed by atoms with Gasteiger partial charge in [-0.2, -0.15) is 0 Å². The van der Waals surface area contributed by atoms with Gasteiger partial charge in [-0.1, -0.05) is 42.5 Å². The molecule has 2 aliphatic rings. The first-order chi connectivity index (χ1) is 12.5. The maximum Gasteiger partial charge on any atom is 0.137 e. The summed E-state index contributed by atoms with van der Waals surface area (Å²) in [5, 5.41) is 0. The van der Waals surface area contributed by atoms with Crippen molar-refractivity contribution in [3.63, 3.8) is 0 Å². The van der Waals surface area contributed by atoms with E-state index in [9.17, 15) is 0 Å². The second kappa shape index (κ2) is 6.50. The highest BCUT2D eigenvalue weighted by Crippen LogP contribution is 2.44. The lowest BCUT2D eigenvalue weighted by atomic mass is 9.87. The highest BCUT2D eigenvalue weighted by molar-refractivity contribution is 5.91. The van der Waals surface area contributed by atoms with Crippen molar-refractivity contribution >= 4 is 11.3 Å². The Bertz CT molecular complexity index is 920. The van der Waals surface area contributed by atoms with Crippen molar-refractivity contribution in [1.82, 2.24) is 4.90 Å². The first-order valence-corrected chi connectivity index (χ1v) is 8.90. The number of nitrogens with zero attached hydrogens (tertiary/aromatic N) is 2. The molecule has 0 N–H and O–H groups in total. The smallest absolute Gasteiger partial charge is 0.137 e. The average Bonchev–Trinajstić information content (AvgIpc) is 2.65. The summed E-state index contributed by atoms with van der Waals surface area (Å²) < 4.78 is 6.36. The van der Waals surface area contributed by atoms with E-state index < -0.39 is 0 Å². The fourth-order valence-corrected chi connectivity index (χ4v) is 3.45. The van der Waals surface area contributed by atoms with Gasteiger partial charge in [0.15, 0.2) is 0 Å². The lowest BCUT2D eigenvalue weighted by Gasteiger charge is -2.30. The Hall–Kier alpha value is -2.78. The van der Waals surface area contributed by atoms with E-state index in [1.54, 1.807) is 0 Å². The summed E-state index contributed by atoms with van der Waals surface area (Å²) in [5.41, 5.74) is 5.87. The van der Waals surface area contributed by atoms with Crippen LogP contribution < -0.4 is 9.64 Å². The zero-order chi connectivity index (χ0) is 18.3. The molecule has 1 atom stereocenters. The lowest BCUT2D eigenvalue weighted by molar-refractivity contribution is 0.368. The maximum atomic E-state index is 6.36. The van der Waals surface area contributed by atoms with E-state index in [-0.39, 0.29) is 6.04 Å². The van der Waals surface area contributed by atoms with E-state index >= 15 is 0 Å². The summed E-state index contributed by atoms with van der Waals surface area (Å²) >= 11 is 0. The molecule has 0 radical (unpaired) electrons. The normalized spacial score (nSPS) is 18.2. The zero-order valence-electron chi connectivity index (χ0n) is 15.7. The predicted octanol–water partition coefficient (Wildman–Crippen LogP) is 4.33. The highest BCUT2D eigenvalue weighted by Gasteiger charge is 2.27. The molecule has 132 valence electrons. The summed E-state index contributed by atoms with van der Waals surface area (Å²) in [4.78, 5) is 4.28. The van der Waals surface area contributed by atoms with Crippen LogP contribution in [0, 0.1) is 0 Å². The van der Waals surface area contributed by atoms with Crippen molar-refractivity contribution in [3.05, 3.63) is 89.2 Å². The Labute approximate surface area is 155 Å². The summed E-state index contributed by atoms with van der Waals surface area (Å²) in [7, 11) is 8.27. The number of benzene rings is 2. The molecule has 2 aromatic rings. The van der Waals surface area contributed by atoms with Gasteiger partial charge in [-0.3, -0.25) is 4.90 Å². The van der Waals surface area contributed by atoms with Crippen LogP contribution in [0.3, 0.4) is 0 Å². The molecule has 0 amide bonds. The molecular formula is C23H24N2O. The first-order valence-electron chi connectivity index (χ1n) is 8.90. The molecule has 1 aliphatic carbocycles. The topological polar surface area (TPSA) is 15.7 Å². The molecule has 0 saturated carbocycles. The van der Waals surface area contributed by atoms with Gasteiger partial charge in [0.05, 0.1) is 0 Å². The number of hydrogen-bond acceptors (Lipinski definition) is 3. The Morgan fingerprint density at radius 2 is 1.69 bits per heavy atom. The van der Waals surface area contributed by atoms with Gasteiger partial charge in [-0.15, -0.1) is 0 Å². The number of hydrogen-bond donors (Lipinski definition) is 0. The fraction of sp³-hybridized carbons (Fsp3) is 0.217. The largest absolute Gasteiger partial charge is 0.456 e. The van der Waals surface area contributed by atoms with Crippen LogP contribution in [-0.4, -0.2) is 39.1 Å². The number of fused-ring (bicyclic) bond motifs is 2. The van der Waals surface area contributed by atoms with Crippen molar-refractivity contribution in [2.45, 2.75) is 6.04 Å². The van der Waals surface area contributed by atoms with Crippen LogP contribution in [0.25, 0.3) is 5.57 Å². The summed E-state index contributed by atoms with van der Waals surface area (Å²) in [6.07, 6.45) is 6.62. The quantitative estimate of drug-likeness (QED) is 0.824. The van der Waals surface area contributed by atoms with Crippen molar-refractivity contribution in [1.29, 1.82) is 0 Å². The third-order valence-corrected chi connectivity index (χ3v) is 4.95. The van der Waals surface area contributed by atoms with Crippen LogP contribution in [0.1, 0.15) is 11.1 Å². The second-order valence-corrected chi connectivity index (χ2v) is 7.18. The molecule has 2 aromatic carbocycles. The van der Waals surface area contributed by atoms with Crippen LogP contribution in [0.5, 0.6) is 5.75 Å². The molecule has 0 fully saturated rings. The van der Waals surface area contributed by atoms with E-state index in [0.717, 1.165) is 28.3 Å². The van der Waals surface area contributed by atoms with E-state index in [1.807, 2.05) is 0 Å². The third kappa shape index (κ3) is 2.85. The molecular weight excluding hydrogens is 320 g/mol. The Morgan fingerprint density at radius 3 is 2.38 bits per heavy atom. The van der Waals surface area contributed by atoms with Gasteiger partial charge in [0.2, 0.25) is 0 Å². The third-order valence-electron chi connectivity index (χ3n) is 4.95. The molecule has 1 aliphatic heterocycles. The molecule has 0 bridgehead atoms. The van der Waals surface area contributed by atoms with Gasteiger partial charge >= 0.3 is 0 Å². The van der Waals surface area contributed by atoms with Crippen LogP contribution >= 0.6 is 0 Å². The molecule has 4 rings (SSSR count). The minimum Gasteiger partial charge on any atom is -0.456 e. The van der Waals surface area contributed by atoms with Gasteiger partial charge in [-0.25, -0.2) is 0 Å². The summed E-state index contributed by atoms with van der Waals surface area (Å²) in [6, 6.07) is 17.2.